The maximum Gasteiger partial charge on any atom is 0.318 e. The van der Waals surface area contributed by atoms with Crippen molar-refractivity contribution in [1.29, 1.82) is 0 Å². The lowest BCUT2D eigenvalue weighted by Gasteiger charge is -2.35. The van der Waals surface area contributed by atoms with Gasteiger partial charge in [0.1, 0.15) is 17.1 Å². The fourth-order valence-electron chi connectivity index (χ4n) is 4.81. The number of hydrogen-bond donors (Lipinski definition) is 2. The molecule has 0 bridgehead atoms. The van der Waals surface area contributed by atoms with Crippen LogP contribution in [0, 0.1) is 5.82 Å². The minimum Gasteiger partial charge on any atom is -0.508 e. The van der Waals surface area contributed by atoms with E-state index in [9.17, 15) is 5.11 Å². The molecule has 6 nitrogen and oxygen atoms in total. The highest BCUT2D eigenvalue weighted by Crippen LogP contribution is 2.41. The second-order valence-corrected chi connectivity index (χ2v) is 8.70. The molecule has 6 rings (SSSR count). The lowest BCUT2D eigenvalue weighted by atomic mass is 9.96. The summed E-state index contributed by atoms with van der Waals surface area (Å²) in [5.74, 6) is 0.344. The summed E-state index contributed by atoms with van der Waals surface area (Å²) in [7, 11) is 1.50. The molecule has 4 aromatic rings. The molecule has 0 amide bonds. The Morgan fingerprint density at radius 1 is 1.06 bits per heavy atom. The number of aromatic nitrogens is 2. The number of benzene rings is 3. The normalized spacial score (nSPS) is 17.2. The fourth-order valence-corrected chi connectivity index (χ4v) is 4.81. The van der Waals surface area contributed by atoms with Gasteiger partial charge in [-0.25, -0.2) is 4.39 Å². The third-order valence-corrected chi connectivity index (χ3v) is 6.61. The summed E-state index contributed by atoms with van der Waals surface area (Å²) in [6.07, 6.45) is 2.29. The molecule has 1 aromatic heterocycles. The van der Waals surface area contributed by atoms with Crippen molar-refractivity contribution in [2.45, 2.75) is 18.4 Å². The first-order valence-corrected chi connectivity index (χ1v) is 10.8. The van der Waals surface area contributed by atoms with Gasteiger partial charge in [0.15, 0.2) is 5.82 Å². The van der Waals surface area contributed by atoms with E-state index in [1.54, 1.807) is 18.2 Å². The molecule has 1 spiro atoms. The Bertz CT molecular complexity index is 1370. The minimum absolute atomic E-state index is 0.0923. The van der Waals surface area contributed by atoms with Gasteiger partial charge in [-0.3, -0.25) is 0 Å². The number of nitrogens with one attached hydrogen (secondary N) is 1. The average molecular weight is 430 g/mol. The van der Waals surface area contributed by atoms with Crippen LogP contribution < -0.4 is 15.0 Å². The molecule has 2 fully saturated rings. The monoisotopic (exact) mass is 430 g/mol. The van der Waals surface area contributed by atoms with E-state index < -0.39 is 5.82 Å². The lowest BCUT2D eigenvalue weighted by molar-refractivity contribution is 0.379. The smallest absolute Gasteiger partial charge is 0.318 e. The Hall–Kier alpha value is -3.45. The van der Waals surface area contributed by atoms with Crippen molar-refractivity contribution in [3.05, 3.63) is 54.3 Å². The molecule has 1 saturated heterocycles. The van der Waals surface area contributed by atoms with E-state index in [4.69, 9.17) is 4.74 Å². The largest absolute Gasteiger partial charge is 0.508 e. The molecule has 162 valence electrons. The van der Waals surface area contributed by atoms with Gasteiger partial charge in [-0.1, -0.05) is 30.3 Å². The fraction of sp³-hybridized carbons (Fsp3) is 0.280. The highest BCUT2D eigenvalue weighted by molar-refractivity contribution is 6.01. The molecule has 0 unspecified atom stereocenters. The average Bonchev–Trinajstić information content (AvgIpc) is 3.56. The summed E-state index contributed by atoms with van der Waals surface area (Å²) >= 11 is 0. The van der Waals surface area contributed by atoms with Crippen LogP contribution in [0.1, 0.15) is 12.8 Å². The van der Waals surface area contributed by atoms with Gasteiger partial charge in [-0.2, -0.15) is 9.97 Å². The van der Waals surface area contributed by atoms with E-state index in [-0.39, 0.29) is 22.8 Å². The third kappa shape index (κ3) is 3.04. The maximum atomic E-state index is 16.0. The number of piperazine rings is 1. The van der Waals surface area contributed by atoms with Crippen molar-refractivity contribution in [3.8, 4) is 22.9 Å². The number of phenolic OH excluding ortho intramolecular Hbond substituents is 1. The number of anilines is 1. The first-order chi connectivity index (χ1) is 15.6. The highest BCUT2D eigenvalue weighted by atomic mass is 19.1. The van der Waals surface area contributed by atoms with Gasteiger partial charge in [0.25, 0.3) is 0 Å². The van der Waals surface area contributed by atoms with E-state index >= 15 is 4.39 Å². The SMILES string of the molecule is COc1nc(N2CCNC3(CC3)C2)c2ccc(-c3cc(O)cc4ccccc34)c(F)c2n1. The third-order valence-electron chi connectivity index (χ3n) is 6.61. The van der Waals surface area contributed by atoms with Gasteiger partial charge in [0.2, 0.25) is 0 Å². The van der Waals surface area contributed by atoms with Crippen molar-refractivity contribution in [3.63, 3.8) is 0 Å². The number of rotatable bonds is 3. The second-order valence-electron chi connectivity index (χ2n) is 8.70. The summed E-state index contributed by atoms with van der Waals surface area (Å²) in [4.78, 5) is 11.2. The number of methoxy groups -OCH3 is 1. The zero-order valence-corrected chi connectivity index (χ0v) is 17.7. The predicted molar refractivity (Wildman–Crippen MR) is 123 cm³/mol. The first-order valence-electron chi connectivity index (χ1n) is 10.8. The van der Waals surface area contributed by atoms with Crippen molar-refractivity contribution < 1.29 is 14.2 Å². The lowest BCUT2D eigenvalue weighted by Crippen LogP contribution is -2.52. The molecule has 0 radical (unpaired) electrons. The molecule has 2 aliphatic rings. The quantitative estimate of drug-likeness (QED) is 0.507. The Balaban J connectivity index is 1.55. The molecule has 3 aromatic carbocycles. The number of aromatic hydroxyl groups is 1. The van der Waals surface area contributed by atoms with Crippen molar-refractivity contribution in [2.75, 3.05) is 31.6 Å². The summed E-state index contributed by atoms with van der Waals surface area (Å²) < 4.78 is 21.3. The Morgan fingerprint density at radius 3 is 2.72 bits per heavy atom. The number of nitrogens with zero attached hydrogens (tertiary/aromatic N) is 3. The Kier molecular flexibility index (Phi) is 4.23. The minimum atomic E-state index is -0.448. The summed E-state index contributed by atoms with van der Waals surface area (Å²) in [6, 6.07) is 14.7. The molecule has 2 heterocycles. The van der Waals surface area contributed by atoms with Crippen LogP contribution in [0.5, 0.6) is 11.8 Å². The molecule has 0 atom stereocenters. The zero-order chi connectivity index (χ0) is 21.9. The molecular formula is C25H23FN4O2. The molecular weight excluding hydrogens is 407 g/mol. The van der Waals surface area contributed by atoms with E-state index in [0.29, 0.717) is 22.3 Å². The van der Waals surface area contributed by atoms with E-state index in [1.807, 2.05) is 30.3 Å². The van der Waals surface area contributed by atoms with Crippen LogP contribution in [-0.4, -0.2) is 47.4 Å². The van der Waals surface area contributed by atoms with Crippen LogP contribution in [0.15, 0.2) is 48.5 Å². The van der Waals surface area contributed by atoms with Crippen molar-refractivity contribution in [2.24, 2.45) is 0 Å². The molecule has 1 aliphatic carbocycles. The number of halogens is 1. The summed E-state index contributed by atoms with van der Waals surface area (Å²) in [5.41, 5.74) is 1.38. The molecule has 1 aliphatic heterocycles. The maximum absolute atomic E-state index is 16.0. The topological polar surface area (TPSA) is 70.5 Å². The zero-order valence-electron chi connectivity index (χ0n) is 17.7. The number of hydrogen-bond acceptors (Lipinski definition) is 6. The van der Waals surface area contributed by atoms with E-state index in [1.165, 1.54) is 7.11 Å². The van der Waals surface area contributed by atoms with Crippen LogP contribution in [0.2, 0.25) is 0 Å². The van der Waals surface area contributed by atoms with E-state index in [2.05, 4.69) is 20.2 Å². The van der Waals surface area contributed by atoms with Gasteiger partial charge in [-0.05, 0) is 47.4 Å². The summed E-state index contributed by atoms with van der Waals surface area (Å²) in [6.45, 7) is 2.49. The van der Waals surface area contributed by atoms with Crippen LogP contribution in [0.25, 0.3) is 32.8 Å². The van der Waals surface area contributed by atoms with Crippen LogP contribution in [0.3, 0.4) is 0 Å². The summed E-state index contributed by atoms with van der Waals surface area (Å²) in [5, 5.41) is 16.2. The van der Waals surface area contributed by atoms with E-state index in [0.717, 1.165) is 43.2 Å². The van der Waals surface area contributed by atoms with Crippen molar-refractivity contribution in [1.82, 2.24) is 15.3 Å². The van der Waals surface area contributed by atoms with Gasteiger partial charge in [-0.15, -0.1) is 0 Å². The Morgan fingerprint density at radius 2 is 1.91 bits per heavy atom. The van der Waals surface area contributed by atoms with Gasteiger partial charge < -0.3 is 20.1 Å². The first kappa shape index (κ1) is 19.3. The van der Waals surface area contributed by atoms with Gasteiger partial charge in [0, 0.05) is 36.1 Å². The second kappa shape index (κ2) is 7.03. The molecule has 1 saturated carbocycles. The number of fused-ring (bicyclic) bond motifs is 2. The number of phenols is 1. The van der Waals surface area contributed by atoms with Gasteiger partial charge in [0.05, 0.1) is 7.11 Å². The van der Waals surface area contributed by atoms with Crippen LogP contribution >= 0.6 is 0 Å². The number of ether oxygens (including phenoxy) is 1. The molecule has 32 heavy (non-hydrogen) atoms. The standard InChI is InChI=1S/C25H23FN4O2/c1-32-24-28-22-19(23(29-24)30-11-10-27-25(14-30)8-9-25)7-6-18(21(22)26)20-13-16(31)12-15-4-2-3-5-17(15)20/h2-7,12-13,27,31H,8-11,14H2,1H3. The molecule has 7 heteroatoms. The van der Waals surface area contributed by atoms with Crippen molar-refractivity contribution >= 4 is 27.5 Å². The Labute approximate surface area is 184 Å². The predicted octanol–water partition coefficient (Wildman–Crippen LogP) is 4.25. The van der Waals surface area contributed by atoms with Crippen LogP contribution in [0.4, 0.5) is 10.2 Å². The highest BCUT2D eigenvalue weighted by Gasteiger charge is 2.46. The molecule has 2 N–H and O–H groups in total. The van der Waals surface area contributed by atoms with Gasteiger partial charge >= 0.3 is 6.01 Å². The van der Waals surface area contributed by atoms with Crippen LogP contribution in [-0.2, 0) is 0 Å².